The van der Waals surface area contributed by atoms with E-state index in [-0.39, 0.29) is 12.4 Å². The lowest BCUT2D eigenvalue weighted by Crippen LogP contribution is -2.08. The fourth-order valence-corrected chi connectivity index (χ4v) is 2.11. The van der Waals surface area contributed by atoms with Crippen LogP contribution < -0.4 is 10.5 Å². The first-order chi connectivity index (χ1) is 9.63. The van der Waals surface area contributed by atoms with Crippen molar-refractivity contribution >= 4 is 5.69 Å². The summed E-state index contributed by atoms with van der Waals surface area (Å²) in [5.74, 6) is -0.0150. The number of halogens is 1. The molecule has 0 bridgehead atoms. The third-order valence-electron chi connectivity index (χ3n) is 3.33. The molecule has 4 nitrogen and oxygen atoms in total. The van der Waals surface area contributed by atoms with Crippen molar-refractivity contribution in [3.05, 3.63) is 42.0 Å². The van der Waals surface area contributed by atoms with Crippen LogP contribution >= 0.6 is 0 Å². The summed E-state index contributed by atoms with van der Waals surface area (Å²) in [5.41, 5.74) is 6.96. The van der Waals surface area contributed by atoms with Gasteiger partial charge < -0.3 is 10.5 Å². The molecule has 0 fully saturated rings. The second kappa shape index (κ2) is 6.41. The van der Waals surface area contributed by atoms with Gasteiger partial charge in [0.05, 0.1) is 17.4 Å². The average molecular weight is 277 g/mol. The molecular weight excluding hydrogens is 257 g/mol. The van der Waals surface area contributed by atoms with Gasteiger partial charge in [0, 0.05) is 12.3 Å². The fourth-order valence-electron chi connectivity index (χ4n) is 2.11. The molecule has 1 aromatic heterocycles. The lowest BCUT2D eigenvalue weighted by Gasteiger charge is -2.12. The number of benzene rings is 1. The Labute approximate surface area is 118 Å². The predicted molar refractivity (Wildman–Crippen MR) is 77.0 cm³/mol. The van der Waals surface area contributed by atoms with Gasteiger partial charge in [-0.2, -0.15) is 5.10 Å². The Morgan fingerprint density at radius 1 is 1.30 bits per heavy atom. The van der Waals surface area contributed by atoms with Crippen molar-refractivity contribution in [3.8, 4) is 5.75 Å². The summed E-state index contributed by atoms with van der Waals surface area (Å²) in [6, 6.07) is 6.40. The van der Waals surface area contributed by atoms with Crippen LogP contribution in [0, 0.1) is 5.82 Å². The van der Waals surface area contributed by atoms with E-state index in [0.717, 1.165) is 18.5 Å². The highest BCUT2D eigenvalue weighted by atomic mass is 19.1. The third-order valence-corrected chi connectivity index (χ3v) is 3.33. The summed E-state index contributed by atoms with van der Waals surface area (Å²) in [5, 5.41) is 4.48. The maximum absolute atomic E-state index is 13.1. The molecule has 20 heavy (non-hydrogen) atoms. The zero-order valence-electron chi connectivity index (χ0n) is 11.8. The quantitative estimate of drug-likeness (QED) is 0.822. The van der Waals surface area contributed by atoms with Gasteiger partial charge in [0.25, 0.3) is 0 Å². The van der Waals surface area contributed by atoms with Gasteiger partial charge in [-0.25, -0.2) is 4.39 Å². The van der Waals surface area contributed by atoms with Crippen LogP contribution in [0.25, 0.3) is 0 Å². The van der Waals surface area contributed by atoms with Gasteiger partial charge in [0.1, 0.15) is 18.2 Å². The number of nitrogens with two attached hydrogens (primary N) is 1. The molecule has 2 rings (SSSR count). The Balaban J connectivity index is 2.02. The molecule has 2 N–H and O–H groups in total. The molecule has 0 atom stereocenters. The number of rotatable bonds is 6. The van der Waals surface area contributed by atoms with Gasteiger partial charge in [-0.3, -0.25) is 4.68 Å². The molecule has 0 saturated carbocycles. The van der Waals surface area contributed by atoms with Crippen LogP contribution in [-0.2, 0) is 6.61 Å². The van der Waals surface area contributed by atoms with Gasteiger partial charge in [-0.05, 0) is 31.0 Å². The van der Waals surface area contributed by atoms with Crippen molar-refractivity contribution in [1.29, 1.82) is 0 Å². The Morgan fingerprint density at radius 2 is 2.05 bits per heavy atom. The minimum Gasteiger partial charge on any atom is -0.485 e. The van der Waals surface area contributed by atoms with Gasteiger partial charge in [0.2, 0.25) is 0 Å². The molecule has 0 aliphatic heterocycles. The number of aromatic nitrogens is 2. The lowest BCUT2D eigenvalue weighted by atomic mass is 10.2. The van der Waals surface area contributed by atoms with Crippen molar-refractivity contribution in [1.82, 2.24) is 9.78 Å². The van der Waals surface area contributed by atoms with Gasteiger partial charge in [-0.15, -0.1) is 0 Å². The highest BCUT2D eigenvalue weighted by molar-refractivity contribution is 5.52. The molecular formula is C15H20FN3O. The molecule has 2 aromatic rings. The minimum atomic E-state index is -0.364. The summed E-state index contributed by atoms with van der Waals surface area (Å²) in [6.45, 7) is 4.56. The van der Waals surface area contributed by atoms with Crippen molar-refractivity contribution in [2.45, 2.75) is 39.3 Å². The molecule has 0 saturated heterocycles. The van der Waals surface area contributed by atoms with Crippen molar-refractivity contribution in [2.75, 3.05) is 5.73 Å². The third kappa shape index (κ3) is 3.29. The Kier molecular flexibility index (Phi) is 4.61. The van der Waals surface area contributed by atoms with Crippen LogP contribution in [0.4, 0.5) is 10.1 Å². The SMILES string of the molecule is CCC(CC)n1ccc(COc2cc(F)ccc2N)n1. The number of nitrogen functional groups attached to an aromatic ring is 1. The fraction of sp³-hybridized carbons (Fsp3) is 0.400. The standard InChI is InChI=1S/C15H20FN3O/c1-3-13(4-2)19-8-7-12(18-19)10-20-15-9-11(16)5-6-14(15)17/h5-9,13H,3-4,10,17H2,1-2H3. The van der Waals surface area contributed by atoms with Gasteiger partial charge in [0.15, 0.2) is 0 Å². The molecule has 1 aromatic carbocycles. The van der Waals surface area contributed by atoms with E-state index >= 15 is 0 Å². The van der Waals surface area contributed by atoms with Crippen LogP contribution in [0.1, 0.15) is 38.4 Å². The molecule has 0 spiro atoms. The Hall–Kier alpha value is -2.04. The van der Waals surface area contributed by atoms with Crippen LogP contribution in [0.2, 0.25) is 0 Å². The van der Waals surface area contributed by atoms with Crippen molar-refractivity contribution in [3.63, 3.8) is 0 Å². The van der Waals surface area contributed by atoms with E-state index in [2.05, 4.69) is 18.9 Å². The number of hydrogen-bond donors (Lipinski definition) is 1. The normalized spacial score (nSPS) is 11.0. The zero-order valence-corrected chi connectivity index (χ0v) is 11.8. The second-order valence-electron chi connectivity index (χ2n) is 4.73. The maximum Gasteiger partial charge on any atom is 0.145 e. The number of hydrogen-bond acceptors (Lipinski definition) is 3. The summed E-state index contributed by atoms with van der Waals surface area (Å²) in [6.07, 6.45) is 4.02. The average Bonchev–Trinajstić information content (AvgIpc) is 2.90. The zero-order chi connectivity index (χ0) is 14.5. The van der Waals surface area contributed by atoms with Crippen molar-refractivity contribution < 1.29 is 9.13 Å². The van der Waals surface area contributed by atoms with E-state index in [1.807, 2.05) is 16.9 Å². The summed E-state index contributed by atoms with van der Waals surface area (Å²) >= 11 is 0. The lowest BCUT2D eigenvalue weighted by molar-refractivity contribution is 0.297. The molecule has 5 heteroatoms. The topological polar surface area (TPSA) is 53.1 Å². The highest BCUT2D eigenvalue weighted by Gasteiger charge is 2.09. The molecule has 1 heterocycles. The molecule has 0 unspecified atom stereocenters. The summed E-state index contributed by atoms with van der Waals surface area (Å²) in [4.78, 5) is 0. The molecule has 0 radical (unpaired) electrons. The highest BCUT2D eigenvalue weighted by Crippen LogP contribution is 2.23. The van der Waals surface area contributed by atoms with E-state index in [4.69, 9.17) is 10.5 Å². The maximum atomic E-state index is 13.1. The largest absolute Gasteiger partial charge is 0.485 e. The molecule has 0 aliphatic rings. The van der Waals surface area contributed by atoms with Crippen LogP contribution in [0.5, 0.6) is 5.75 Å². The van der Waals surface area contributed by atoms with Crippen LogP contribution in [-0.4, -0.2) is 9.78 Å². The Morgan fingerprint density at radius 3 is 2.75 bits per heavy atom. The first-order valence-electron chi connectivity index (χ1n) is 6.85. The van der Waals surface area contributed by atoms with E-state index in [0.29, 0.717) is 17.5 Å². The van der Waals surface area contributed by atoms with E-state index in [1.54, 1.807) is 0 Å². The first kappa shape index (κ1) is 14.4. The van der Waals surface area contributed by atoms with Crippen molar-refractivity contribution in [2.24, 2.45) is 0 Å². The number of ether oxygens (including phenoxy) is 1. The summed E-state index contributed by atoms with van der Waals surface area (Å²) < 4.78 is 20.6. The van der Waals surface area contributed by atoms with Crippen LogP contribution in [0.3, 0.4) is 0 Å². The molecule has 108 valence electrons. The van der Waals surface area contributed by atoms with Gasteiger partial charge in [-0.1, -0.05) is 13.8 Å². The first-order valence-corrected chi connectivity index (χ1v) is 6.85. The van der Waals surface area contributed by atoms with E-state index in [1.165, 1.54) is 18.2 Å². The van der Waals surface area contributed by atoms with E-state index < -0.39 is 0 Å². The number of anilines is 1. The molecule has 0 aliphatic carbocycles. The monoisotopic (exact) mass is 277 g/mol. The summed E-state index contributed by atoms with van der Waals surface area (Å²) in [7, 11) is 0. The molecule has 0 amide bonds. The predicted octanol–water partition coefficient (Wildman–Crippen LogP) is 3.54. The van der Waals surface area contributed by atoms with Gasteiger partial charge >= 0.3 is 0 Å². The Bertz CT molecular complexity index is 564. The van der Waals surface area contributed by atoms with Crippen LogP contribution in [0.15, 0.2) is 30.5 Å². The van der Waals surface area contributed by atoms with E-state index in [9.17, 15) is 4.39 Å². The number of nitrogens with zero attached hydrogens (tertiary/aromatic N) is 2. The second-order valence-corrected chi connectivity index (χ2v) is 4.73. The minimum absolute atomic E-state index is 0.279. The smallest absolute Gasteiger partial charge is 0.145 e.